The topological polar surface area (TPSA) is 83.5 Å². The molecule has 0 unspecified atom stereocenters. The molecule has 0 saturated carbocycles. The van der Waals surface area contributed by atoms with E-state index in [0.29, 0.717) is 5.56 Å². The zero-order valence-electron chi connectivity index (χ0n) is 12.2. The Morgan fingerprint density at radius 1 is 1.21 bits per heavy atom. The summed E-state index contributed by atoms with van der Waals surface area (Å²) >= 11 is 6.32. The van der Waals surface area contributed by atoms with Gasteiger partial charge in [0.2, 0.25) is 0 Å². The number of unbranched alkanes of at least 4 members (excludes halogenated alkanes) is 1. The molecule has 1 amide bonds. The highest BCUT2D eigenvalue weighted by atomic mass is 127. The number of carbonyl (C=O) groups excluding carboxylic acids is 1. The number of halogens is 5. The number of rotatable bonds is 8. The molecule has 0 bridgehead atoms. The van der Waals surface area contributed by atoms with Gasteiger partial charge in [-0.3, -0.25) is 9.35 Å². The SMILES string of the molecule is O=C(NCCCCC(F)(F)CS(=O)(=O)O)c1cc(I)cc(I)c1I. The van der Waals surface area contributed by atoms with Gasteiger partial charge < -0.3 is 5.32 Å². The minimum absolute atomic E-state index is 0.0315. The third kappa shape index (κ3) is 8.35. The van der Waals surface area contributed by atoms with E-state index >= 15 is 0 Å². The van der Waals surface area contributed by atoms with E-state index in [-0.39, 0.29) is 25.3 Å². The van der Waals surface area contributed by atoms with Gasteiger partial charge in [0.05, 0.1) is 5.56 Å². The fraction of sp³-hybridized carbons (Fsp3) is 0.462. The van der Waals surface area contributed by atoms with Crippen molar-refractivity contribution in [3.05, 3.63) is 28.4 Å². The quantitative estimate of drug-likeness (QED) is 0.187. The van der Waals surface area contributed by atoms with Crippen molar-refractivity contribution < 1.29 is 26.5 Å². The molecule has 11 heteroatoms. The van der Waals surface area contributed by atoms with Gasteiger partial charge in [0.1, 0.15) is 5.75 Å². The Labute approximate surface area is 179 Å². The summed E-state index contributed by atoms with van der Waals surface area (Å²) in [5.74, 6) is -5.33. The van der Waals surface area contributed by atoms with Crippen LogP contribution in [0.1, 0.15) is 29.6 Å². The summed E-state index contributed by atoms with van der Waals surface area (Å²) in [6.45, 7) is 0.207. The first-order chi connectivity index (χ1) is 10.9. The molecular formula is C13H14F2I3NO4S. The van der Waals surface area contributed by atoms with E-state index in [2.05, 4.69) is 73.1 Å². The highest BCUT2D eigenvalue weighted by molar-refractivity contribution is 14.1. The smallest absolute Gasteiger partial charge is 0.270 e. The molecule has 5 nitrogen and oxygen atoms in total. The van der Waals surface area contributed by atoms with Gasteiger partial charge in [-0.1, -0.05) is 0 Å². The second-order valence-corrected chi connectivity index (χ2v) is 9.98. The van der Waals surface area contributed by atoms with Crippen molar-refractivity contribution in [1.82, 2.24) is 5.32 Å². The molecule has 0 fully saturated rings. The third-order valence-electron chi connectivity index (χ3n) is 2.89. The van der Waals surface area contributed by atoms with Crippen molar-refractivity contribution in [3.8, 4) is 0 Å². The molecule has 0 saturated heterocycles. The van der Waals surface area contributed by atoms with Crippen LogP contribution < -0.4 is 5.32 Å². The lowest BCUT2D eigenvalue weighted by Crippen LogP contribution is -2.28. The van der Waals surface area contributed by atoms with Crippen LogP contribution in [0.25, 0.3) is 0 Å². The Kier molecular flexibility index (Phi) is 9.03. The molecule has 136 valence electrons. The largest absolute Gasteiger partial charge is 0.352 e. The van der Waals surface area contributed by atoms with Gasteiger partial charge in [0.25, 0.3) is 21.9 Å². The number of benzene rings is 1. The summed E-state index contributed by atoms with van der Waals surface area (Å²) in [6.07, 6.45) is -0.352. The molecule has 0 aliphatic heterocycles. The Hall–Kier alpha value is 0.650. The zero-order valence-corrected chi connectivity index (χ0v) is 19.4. The van der Waals surface area contributed by atoms with Crippen molar-refractivity contribution in [2.75, 3.05) is 12.3 Å². The predicted octanol–water partition coefficient (Wildman–Crippen LogP) is 3.92. The van der Waals surface area contributed by atoms with Gasteiger partial charge in [-0.05, 0) is 92.7 Å². The summed E-state index contributed by atoms with van der Waals surface area (Å²) in [5, 5.41) is 2.67. The summed E-state index contributed by atoms with van der Waals surface area (Å²) in [4.78, 5) is 12.1. The van der Waals surface area contributed by atoms with Crippen LogP contribution in [0.2, 0.25) is 0 Å². The lowest BCUT2D eigenvalue weighted by molar-refractivity contribution is 0.0129. The number of hydrogen-bond acceptors (Lipinski definition) is 3. The van der Waals surface area contributed by atoms with E-state index < -0.39 is 28.2 Å². The van der Waals surface area contributed by atoms with Gasteiger partial charge in [-0.15, -0.1) is 0 Å². The number of amides is 1. The number of hydrogen-bond donors (Lipinski definition) is 2. The molecule has 0 aliphatic carbocycles. The van der Waals surface area contributed by atoms with Gasteiger partial charge in [-0.2, -0.15) is 8.42 Å². The van der Waals surface area contributed by atoms with Crippen LogP contribution >= 0.6 is 67.8 Å². The molecule has 0 atom stereocenters. The van der Waals surface area contributed by atoms with Crippen molar-refractivity contribution in [2.24, 2.45) is 0 Å². The summed E-state index contributed by atoms with van der Waals surface area (Å²) in [5.41, 5.74) is 0.531. The Bertz CT molecular complexity index is 713. The average Bonchev–Trinajstić information content (AvgIpc) is 2.39. The van der Waals surface area contributed by atoms with E-state index in [1.165, 1.54) is 0 Å². The van der Waals surface area contributed by atoms with E-state index in [1.807, 2.05) is 6.07 Å². The van der Waals surface area contributed by atoms with Crippen LogP contribution in [-0.2, 0) is 10.1 Å². The molecular weight excluding hydrogens is 685 g/mol. The Morgan fingerprint density at radius 3 is 2.42 bits per heavy atom. The normalized spacial score (nSPS) is 12.2. The fourth-order valence-electron chi connectivity index (χ4n) is 1.87. The zero-order chi connectivity index (χ0) is 18.5. The lowest BCUT2D eigenvalue weighted by Gasteiger charge is -2.14. The monoisotopic (exact) mass is 699 g/mol. The molecule has 0 spiro atoms. The number of carbonyl (C=O) groups is 1. The number of alkyl halides is 2. The highest BCUT2D eigenvalue weighted by Gasteiger charge is 2.34. The first kappa shape index (κ1) is 22.7. The van der Waals surface area contributed by atoms with Gasteiger partial charge in [-0.25, -0.2) is 8.78 Å². The van der Waals surface area contributed by atoms with Crippen LogP contribution in [0.3, 0.4) is 0 Å². The van der Waals surface area contributed by atoms with Crippen molar-refractivity contribution >= 4 is 83.8 Å². The minimum Gasteiger partial charge on any atom is -0.352 e. The second kappa shape index (κ2) is 9.55. The lowest BCUT2D eigenvalue weighted by atomic mass is 10.1. The molecule has 1 rings (SSSR count). The summed E-state index contributed by atoms with van der Waals surface area (Å²) < 4.78 is 58.7. The van der Waals surface area contributed by atoms with Crippen molar-refractivity contribution in [2.45, 2.75) is 25.2 Å². The van der Waals surface area contributed by atoms with Crippen LogP contribution in [0, 0.1) is 10.7 Å². The van der Waals surface area contributed by atoms with E-state index in [4.69, 9.17) is 4.55 Å². The van der Waals surface area contributed by atoms with Crippen LogP contribution in [0.15, 0.2) is 12.1 Å². The maximum atomic E-state index is 13.3. The summed E-state index contributed by atoms with van der Waals surface area (Å²) in [6, 6.07) is 3.69. The van der Waals surface area contributed by atoms with Gasteiger partial charge >= 0.3 is 0 Å². The fourth-order valence-corrected chi connectivity index (χ4v) is 4.95. The Morgan fingerprint density at radius 2 is 1.83 bits per heavy atom. The first-order valence-electron chi connectivity index (χ1n) is 6.67. The van der Waals surface area contributed by atoms with E-state index in [9.17, 15) is 22.0 Å². The molecule has 1 aromatic rings. The van der Waals surface area contributed by atoms with Crippen molar-refractivity contribution in [1.29, 1.82) is 0 Å². The minimum atomic E-state index is -4.71. The third-order valence-corrected chi connectivity index (χ3v) is 7.34. The molecule has 24 heavy (non-hydrogen) atoms. The molecule has 0 heterocycles. The standard InChI is InChI=1S/C13H14F2I3NO4S/c14-13(15,7-24(21,22)23)3-1-2-4-19-12(20)9-5-8(16)6-10(17)11(9)18/h5-6H,1-4,7H2,(H,19,20)(H,21,22,23). The predicted molar refractivity (Wildman–Crippen MR) is 112 cm³/mol. The maximum absolute atomic E-state index is 13.3. The molecule has 1 aromatic carbocycles. The van der Waals surface area contributed by atoms with Crippen LogP contribution in [0.4, 0.5) is 8.78 Å². The Balaban J connectivity index is 2.45. The van der Waals surface area contributed by atoms with Crippen LogP contribution in [0.5, 0.6) is 0 Å². The number of nitrogens with one attached hydrogen (secondary N) is 1. The van der Waals surface area contributed by atoms with E-state index in [1.54, 1.807) is 6.07 Å². The molecule has 0 radical (unpaired) electrons. The first-order valence-corrected chi connectivity index (χ1v) is 11.5. The van der Waals surface area contributed by atoms with E-state index in [0.717, 1.165) is 10.7 Å². The molecule has 2 N–H and O–H groups in total. The van der Waals surface area contributed by atoms with Crippen molar-refractivity contribution in [3.63, 3.8) is 0 Å². The molecule has 0 aliphatic rings. The maximum Gasteiger partial charge on any atom is 0.270 e. The average molecular weight is 699 g/mol. The molecule has 0 aromatic heterocycles. The van der Waals surface area contributed by atoms with Crippen LogP contribution in [-0.4, -0.2) is 37.1 Å². The second-order valence-electron chi connectivity index (χ2n) is 5.04. The van der Waals surface area contributed by atoms with Gasteiger partial charge in [0.15, 0.2) is 0 Å². The van der Waals surface area contributed by atoms with Gasteiger partial charge in [0, 0.05) is 23.7 Å². The highest BCUT2D eigenvalue weighted by Crippen LogP contribution is 2.24. The summed E-state index contributed by atoms with van der Waals surface area (Å²) in [7, 11) is -4.71.